The van der Waals surface area contributed by atoms with Crippen molar-refractivity contribution >= 4 is 46.6 Å². The predicted molar refractivity (Wildman–Crippen MR) is 187 cm³/mol. The van der Waals surface area contributed by atoms with E-state index in [2.05, 4.69) is 0 Å². The molecule has 8 rings (SSSR count). The Kier molecular flexibility index (Phi) is 7.66. The number of fused-ring (bicyclic) bond motifs is 5. The zero-order chi connectivity index (χ0) is 38.7. The smallest absolute Gasteiger partial charge is 0.261 e. The van der Waals surface area contributed by atoms with Gasteiger partial charge in [0, 0.05) is 28.2 Å². The number of phenolic OH excluding ortho intramolecular Hbond substituents is 1. The number of benzene rings is 3. The summed E-state index contributed by atoms with van der Waals surface area (Å²) in [6.45, 7) is -0.491. The summed E-state index contributed by atoms with van der Waals surface area (Å²) in [5.41, 5.74) is 2.24. The minimum Gasteiger partial charge on any atom is -0.508 e. The molecular formula is C40H33N3O11. The van der Waals surface area contributed by atoms with Gasteiger partial charge in [0.15, 0.2) is 23.0 Å². The molecule has 5 aliphatic rings. The van der Waals surface area contributed by atoms with Gasteiger partial charge in [0.2, 0.25) is 5.78 Å². The molecule has 274 valence electrons. The number of aromatic hydroxyl groups is 1. The molecule has 4 atom stereocenters. The van der Waals surface area contributed by atoms with Crippen molar-refractivity contribution in [1.29, 1.82) is 0 Å². The molecule has 1 saturated carbocycles. The summed E-state index contributed by atoms with van der Waals surface area (Å²) in [7, 11) is 2.99. The average molecular weight is 732 g/mol. The molecule has 14 nitrogen and oxygen atoms in total. The van der Waals surface area contributed by atoms with Crippen LogP contribution in [-0.4, -0.2) is 96.8 Å². The second-order valence-corrected chi connectivity index (χ2v) is 14.6. The molecule has 3 aromatic carbocycles. The lowest BCUT2D eigenvalue weighted by Crippen LogP contribution is -2.65. The number of aliphatic hydroxyl groups is 3. The van der Waals surface area contributed by atoms with Crippen molar-refractivity contribution in [2.75, 3.05) is 14.1 Å². The molecule has 0 spiro atoms. The highest BCUT2D eigenvalue weighted by Crippen LogP contribution is 2.54. The lowest BCUT2D eigenvalue weighted by Gasteiger charge is -2.50. The Morgan fingerprint density at radius 1 is 0.852 bits per heavy atom. The van der Waals surface area contributed by atoms with Gasteiger partial charge in [0.25, 0.3) is 17.7 Å². The summed E-state index contributed by atoms with van der Waals surface area (Å²) in [6.07, 6.45) is -0.465. The highest BCUT2D eigenvalue weighted by atomic mass is 16.3. The van der Waals surface area contributed by atoms with Gasteiger partial charge in [0.05, 0.1) is 35.2 Å². The molecule has 0 saturated heterocycles. The quantitative estimate of drug-likeness (QED) is 0.139. The van der Waals surface area contributed by atoms with Crippen molar-refractivity contribution in [3.63, 3.8) is 0 Å². The van der Waals surface area contributed by atoms with Crippen molar-refractivity contribution in [2.45, 2.75) is 37.5 Å². The van der Waals surface area contributed by atoms with E-state index in [1.165, 1.54) is 37.2 Å². The van der Waals surface area contributed by atoms with Crippen LogP contribution in [0.2, 0.25) is 0 Å². The Morgan fingerprint density at radius 2 is 1.41 bits per heavy atom. The third-order valence-electron chi connectivity index (χ3n) is 11.6. The topological polar surface area (TPSA) is 233 Å². The number of rotatable bonds is 6. The fourth-order valence-corrected chi connectivity index (χ4v) is 9.12. The van der Waals surface area contributed by atoms with Crippen LogP contribution in [0, 0.1) is 17.8 Å². The average Bonchev–Trinajstić information content (AvgIpc) is 3.51. The van der Waals surface area contributed by atoms with Crippen LogP contribution in [0.4, 0.5) is 0 Å². The number of likely N-dealkylation sites (N-methyl/N-ethyl adjacent to an activating group) is 1. The first-order valence-electron chi connectivity index (χ1n) is 17.2. The highest BCUT2D eigenvalue weighted by Gasteiger charge is 2.64. The van der Waals surface area contributed by atoms with Gasteiger partial charge in [-0.15, -0.1) is 0 Å². The van der Waals surface area contributed by atoms with E-state index < -0.39 is 105 Å². The van der Waals surface area contributed by atoms with Crippen molar-refractivity contribution in [1.82, 2.24) is 9.80 Å². The van der Waals surface area contributed by atoms with Gasteiger partial charge in [-0.3, -0.25) is 43.4 Å². The van der Waals surface area contributed by atoms with Crippen LogP contribution in [0.15, 0.2) is 71.5 Å². The van der Waals surface area contributed by atoms with E-state index in [9.17, 15) is 54.0 Å². The number of Topliss-reactive ketones (excluding diaryl/α,β-unsaturated/α-hetero) is 4. The van der Waals surface area contributed by atoms with Crippen LogP contribution in [0.5, 0.6) is 5.75 Å². The summed E-state index contributed by atoms with van der Waals surface area (Å²) in [5.74, 6) is -11.7. The molecular weight excluding hydrogens is 698 g/mol. The molecule has 0 unspecified atom stereocenters. The Labute approximate surface area is 306 Å². The number of hydrogen-bond acceptors (Lipinski definition) is 12. The highest BCUT2D eigenvalue weighted by molar-refractivity contribution is 6.27. The van der Waals surface area contributed by atoms with Crippen molar-refractivity contribution in [3.05, 3.63) is 116 Å². The molecule has 4 aliphatic carbocycles. The molecule has 0 aromatic heterocycles. The van der Waals surface area contributed by atoms with Gasteiger partial charge in [0.1, 0.15) is 22.8 Å². The zero-order valence-electron chi connectivity index (χ0n) is 29.0. The van der Waals surface area contributed by atoms with Crippen molar-refractivity contribution in [3.8, 4) is 5.75 Å². The zero-order valence-corrected chi connectivity index (χ0v) is 29.0. The molecule has 1 aliphatic heterocycles. The standard InChI is InChI=1S/C40H33N3O11/c1-42(2)29-25-14-17-13-23-16(12-24-31(45)19-7-3-4-8-20(19)32(24)46)11-18(15-43-38(52)21-9-5-6-10-22(21)39(43)53)30(44)27(23)33(47)26(17)35(49)40(25,54)36(50)28(34(29)48)37(41)51/h3-11,17,24-25,29,44,47,50,54H,12-15H2,1-2H3,(H2,41,51)/t17-,25-,29-,40-/m1/s1. The third-order valence-corrected chi connectivity index (χ3v) is 11.6. The van der Waals surface area contributed by atoms with Crippen LogP contribution < -0.4 is 5.73 Å². The first-order valence-corrected chi connectivity index (χ1v) is 17.2. The van der Waals surface area contributed by atoms with Crippen LogP contribution in [0.3, 0.4) is 0 Å². The van der Waals surface area contributed by atoms with Gasteiger partial charge in [-0.1, -0.05) is 36.4 Å². The largest absolute Gasteiger partial charge is 0.508 e. The van der Waals surface area contributed by atoms with Crippen molar-refractivity contribution < 1.29 is 54.0 Å². The first-order chi connectivity index (χ1) is 25.6. The fraction of sp³-hybridized carbons (Fsp3) is 0.275. The summed E-state index contributed by atoms with van der Waals surface area (Å²) >= 11 is 0. The SMILES string of the molecule is CN(C)[C@H]1C(=O)C(C(N)=O)=C(O)[C@]2(O)C(=O)C3=C(O)c4c(O)c(CN5C(=O)c6ccccc6C5=O)cc(CC5C(=O)c6ccccc6C5=O)c4C[C@@H]3C[C@H]12. The summed E-state index contributed by atoms with van der Waals surface area (Å²) in [5, 5.41) is 47.1. The predicted octanol–water partition coefficient (Wildman–Crippen LogP) is 2.00. The molecule has 0 bridgehead atoms. The van der Waals surface area contributed by atoms with E-state index in [0.29, 0.717) is 5.56 Å². The van der Waals surface area contributed by atoms with Gasteiger partial charge < -0.3 is 26.2 Å². The van der Waals surface area contributed by atoms with Crippen LogP contribution in [0.25, 0.3) is 5.76 Å². The summed E-state index contributed by atoms with van der Waals surface area (Å²) in [6, 6.07) is 12.7. The van der Waals surface area contributed by atoms with E-state index in [1.807, 2.05) is 0 Å². The molecule has 0 radical (unpaired) electrons. The van der Waals surface area contributed by atoms with Gasteiger partial charge >= 0.3 is 0 Å². The first kappa shape index (κ1) is 34.8. The number of phenols is 1. The number of nitrogens with two attached hydrogens (primary N) is 1. The number of primary amides is 1. The lowest BCUT2D eigenvalue weighted by molar-refractivity contribution is -0.153. The maximum absolute atomic E-state index is 14.4. The molecule has 3 amide bonds. The molecule has 6 N–H and O–H groups in total. The number of ketones is 4. The van der Waals surface area contributed by atoms with E-state index in [-0.39, 0.29) is 58.2 Å². The van der Waals surface area contributed by atoms with Gasteiger partial charge in [-0.05, 0) is 68.6 Å². The Morgan fingerprint density at radius 3 is 1.94 bits per heavy atom. The second-order valence-electron chi connectivity index (χ2n) is 14.6. The summed E-state index contributed by atoms with van der Waals surface area (Å²) < 4.78 is 0. The number of amides is 3. The van der Waals surface area contributed by atoms with Crippen LogP contribution >= 0.6 is 0 Å². The Balaban J connectivity index is 1.29. The second kappa shape index (κ2) is 11.9. The molecule has 54 heavy (non-hydrogen) atoms. The molecule has 14 heteroatoms. The maximum Gasteiger partial charge on any atom is 0.261 e. The minimum absolute atomic E-state index is 0.0474. The normalized spacial score (nSPS) is 25.0. The Hall–Kier alpha value is -6.25. The van der Waals surface area contributed by atoms with E-state index in [4.69, 9.17) is 5.73 Å². The van der Waals surface area contributed by atoms with E-state index >= 15 is 0 Å². The number of hydrogen-bond donors (Lipinski definition) is 5. The number of aliphatic hydroxyl groups excluding tert-OH is 2. The third kappa shape index (κ3) is 4.56. The maximum atomic E-state index is 14.4. The molecule has 3 aromatic rings. The Bertz CT molecular complexity index is 2340. The summed E-state index contributed by atoms with van der Waals surface area (Å²) in [4.78, 5) is 96.5. The monoisotopic (exact) mass is 731 g/mol. The number of carbonyl (C=O) groups excluding carboxylic acids is 7. The van der Waals surface area contributed by atoms with Gasteiger partial charge in [-0.25, -0.2) is 0 Å². The number of carbonyl (C=O) groups is 7. The van der Waals surface area contributed by atoms with E-state index in [0.717, 1.165) is 4.90 Å². The molecule has 1 heterocycles. The number of imide groups is 1. The van der Waals surface area contributed by atoms with E-state index in [1.54, 1.807) is 36.4 Å². The van der Waals surface area contributed by atoms with Crippen molar-refractivity contribution in [2.24, 2.45) is 23.5 Å². The minimum atomic E-state index is -2.87. The van der Waals surface area contributed by atoms with Crippen LogP contribution in [0.1, 0.15) is 70.1 Å². The van der Waals surface area contributed by atoms with Crippen LogP contribution in [-0.2, 0) is 33.8 Å². The number of nitrogens with zero attached hydrogens (tertiary/aromatic N) is 2. The molecule has 1 fully saturated rings. The lowest BCUT2D eigenvalue weighted by atomic mass is 9.57. The fourth-order valence-electron chi connectivity index (χ4n) is 9.12. The van der Waals surface area contributed by atoms with Gasteiger partial charge in [-0.2, -0.15) is 0 Å².